The van der Waals surface area contributed by atoms with E-state index in [0.29, 0.717) is 4.90 Å². The van der Waals surface area contributed by atoms with Gasteiger partial charge in [0, 0.05) is 18.2 Å². The maximum atomic E-state index is 12.4. The molecule has 1 aromatic carbocycles. The lowest BCUT2D eigenvalue weighted by atomic mass is 10.1. The summed E-state index contributed by atoms with van der Waals surface area (Å²) in [6.07, 6.45) is 1.71. The number of aliphatic carboxylic acids is 1. The average molecular weight is 326 g/mol. The summed E-state index contributed by atoms with van der Waals surface area (Å²) in [5, 5.41) is 20.0. The zero-order valence-electron chi connectivity index (χ0n) is 12.6. The van der Waals surface area contributed by atoms with E-state index in [0.717, 1.165) is 0 Å². The minimum atomic E-state index is -1.12. The molecule has 0 aliphatic rings. The van der Waals surface area contributed by atoms with Crippen LogP contribution in [0.3, 0.4) is 0 Å². The van der Waals surface area contributed by atoms with Gasteiger partial charge < -0.3 is 10.0 Å². The fraction of sp³-hybridized carbons (Fsp3) is 0.429. The lowest BCUT2D eigenvalue weighted by Gasteiger charge is -2.22. The molecule has 0 radical (unpaired) electrons. The molecule has 0 aliphatic carbocycles. The Kier molecular flexibility index (Phi) is 6.36. The highest BCUT2D eigenvalue weighted by molar-refractivity contribution is 7.98. The lowest BCUT2D eigenvalue weighted by Crippen LogP contribution is -2.38. The van der Waals surface area contributed by atoms with E-state index >= 15 is 0 Å². The number of benzene rings is 1. The van der Waals surface area contributed by atoms with Crippen molar-refractivity contribution >= 4 is 29.3 Å². The highest BCUT2D eigenvalue weighted by atomic mass is 32.2. The van der Waals surface area contributed by atoms with Gasteiger partial charge in [0.2, 0.25) is 0 Å². The van der Waals surface area contributed by atoms with E-state index in [-0.39, 0.29) is 23.7 Å². The Labute approximate surface area is 132 Å². The van der Waals surface area contributed by atoms with Crippen LogP contribution < -0.4 is 0 Å². The van der Waals surface area contributed by atoms with Crippen LogP contribution in [-0.4, -0.2) is 46.2 Å². The van der Waals surface area contributed by atoms with Gasteiger partial charge >= 0.3 is 5.97 Å². The van der Waals surface area contributed by atoms with Crippen LogP contribution in [0.4, 0.5) is 5.69 Å². The molecule has 8 heteroatoms. The normalized spacial score (nSPS) is 10.5. The number of carboxylic acids is 1. The molecule has 0 spiro atoms. The molecule has 0 saturated heterocycles. The van der Waals surface area contributed by atoms with Crippen molar-refractivity contribution in [2.45, 2.75) is 18.7 Å². The van der Waals surface area contributed by atoms with Gasteiger partial charge in [-0.15, -0.1) is 11.8 Å². The van der Waals surface area contributed by atoms with Crippen molar-refractivity contribution in [3.05, 3.63) is 33.9 Å². The molecule has 0 bridgehead atoms. The Morgan fingerprint density at radius 3 is 2.50 bits per heavy atom. The van der Waals surface area contributed by atoms with Crippen molar-refractivity contribution in [2.24, 2.45) is 5.92 Å². The topological polar surface area (TPSA) is 101 Å². The van der Waals surface area contributed by atoms with Crippen LogP contribution in [0.2, 0.25) is 0 Å². The zero-order valence-corrected chi connectivity index (χ0v) is 13.4. The SMILES string of the molecule is CSc1ccc(C(=O)N(CC(=O)O)CC(C)C)cc1[N+](=O)[O-]. The fourth-order valence-corrected chi connectivity index (χ4v) is 2.52. The lowest BCUT2D eigenvalue weighted by molar-refractivity contribution is -0.387. The van der Waals surface area contributed by atoms with E-state index in [4.69, 9.17) is 5.11 Å². The first-order chi connectivity index (χ1) is 10.3. The van der Waals surface area contributed by atoms with Crippen molar-refractivity contribution in [3.8, 4) is 0 Å². The number of carbonyl (C=O) groups excluding carboxylic acids is 1. The number of nitro benzene ring substituents is 1. The third kappa shape index (κ3) is 4.73. The van der Waals surface area contributed by atoms with Crippen molar-refractivity contribution in [2.75, 3.05) is 19.3 Å². The average Bonchev–Trinajstić information content (AvgIpc) is 2.44. The Balaban J connectivity index is 3.15. The summed E-state index contributed by atoms with van der Waals surface area (Å²) < 4.78 is 0. The third-order valence-corrected chi connectivity index (χ3v) is 3.61. The molecule has 0 unspecified atom stereocenters. The summed E-state index contributed by atoms with van der Waals surface area (Å²) in [4.78, 5) is 35.5. The van der Waals surface area contributed by atoms with Crippen molar-refractivity contribution in [1.29, 1.82) is 0 Å². The predicted molar refractivity (Wildman–Crippen MR) is 83.3 cm³/mol. The second-order valence-corrected chi connectivity index (χ2v) is 5.97. The molecule has 1 amide bonds. The van der Waals surface area contributed by atoms with Crippen LogP contribution in [-0.2, 0) is 4.79 Å². The van der Waals surface area contributed by atoms with Crippen LogP contribution in [0.1, 0.15) is 24.2 Å². The molecule has 0 atom stereocenters. The molecule has 0 saturated carbocycles. The van der Waals surface area contributed by atoms with E-state index in [1.807, 2.05) is 13.8 Å². The van der Waals surface area contributed by atoms with Gasteiger partial charge in [-0.2, -0.15) is 0 Å². The third-order valence-electron chi connectivity index (χ3n) is 2.82. The van der Waals surface area contributed by atoms with E-state index in [1.54, 1.807) is 6.26 Å². The van der Waals surface area contributed by atoms with Gasteiger partial charge in [-0.1, -0.05) is 13.8 Å². The van der Waals surface area contributed by atoms with E-state index < -0.39 is 23.3 Å². The summed E-state index contributed by atoms with van der Waals surface area (Å²) in [5.74, 6) is -1.56. The van der Waals surface area contributed by atoms with Crippen LogP contribution in [0.25, 0.3) is 0 Å². The molecule has 0 fully saturated rings. The Morgan fingerprint density at radius 2 is 2.05 bits per heavy atom. The van der Waals surface area contributed by atoms with Crippen LogP contribution in [0, 0.1) is 16.0 Å². The minimum Gasteiger partial charge on any atom is -0.480 e. The predicted octanol–water partition coefficient (Wildman–Crippen LogP) is 2.50. The molecule has 7 nitrogen and oxygen atoms in total. The van der Waals surface area contributed by atoms with Gasteiger partial charge in [0.15, 0.2) is 0 Å². The molecule has 0 heterocycles. The summed E-state index contributed by atoms with van der Waals surface area (Å²) in [6.45, 7) is 3.56. The molecule has 1 rings (SSSR count). The standard InChI is InChI=1S/C14H18N2O5S/c1-9(2)7-15(8-13(17)18)14(19)10-4-5-12(22-3)11(6-10)16(20)21/h4-6,9H,7-8H2,1-3H3,(H,17,18). The molecular weight excluding hydrogens is 308 g/mol. The van der Waals surface area contributed by atoms with Gasteiger partial charge in [0.1, 0.15) is 6.54 Å². The number of nitrogens with zero attached hydrogens (tertiary/aromatic N) is 2. The Morgan fingerprint density at radius 1 is 1.41 bits per heavy atom. The largest absolute Gasteiger partial charge is 0.480 e. The maximum Gasteiger partial charge on any atom is 0.323 e. The first-order valence-electron chi connectivity index (χ1n) is 6.59. The minimum absolute atomic E-state index is 0.0868. The molecule has 0 aliphatic heterocycles. The molecule has 120 valence electrons. The number of thioether (sulfide) groups is 1. The van der Waals surface area contributed by atoms with Gasteiger partial charge in [-0.25, -0.2) is 0 Å². The van der Waals surface area contributed by atoms with Gasteiger partial charge in [0.25, 0.3) is 11.6 Å². The second kappa shape index (κ2) is 7.79. The smallest absolute Gasteiger partial charge is 0.323 e. The Hall–Kier alpha value is -2.09. The first-order valence-corrected chi connectivity index (χ1v) is 7.82. The summed E-state index contributed by atoms with van der Waals surface area (Å²) in [5.41, 5.74) is -0.0374. The van der Waals surface area contributed by atoms with Crippen molar-refractivity contribution < 1.29 is 19.6 Å². The fourth-order valence-electron chi connectivity index (χ4n) is 1.97. The number of carboxylic acid groups (broad SMARTS) is 1. The van der Waals surface area contributed by atoms with Gasteiger partial charge in [-0.05, 0) is 24.3 Å². The van der Waals surface area contributed by atoms with Gasteiger partial charge in [0.05, 0.1) is 9.82 Å². The monoisotopic (exact) mass is 326 g/mol. The zero-order chi connectivity index (χ0) is 16.9. The van der Waals surface area contributed by atoms with Crippen molar-refractivity contribution in [3.63, 3.8) is 0 Å². The quantitative estimate of drug-likeness (QED) is 0.469. The Bertz CT molecular complexity index is 589. The number of hydrogen-bond acceptors (Lipinski definition) is 5. The maximum absolute atomic E-state index is 12.4. The number of carbonyl (C=O) groups is 2. The van der Waals surface area contributed by atoms with E-state index in [1.165, 1.54) is 34.9 Å². The highest BCUT2D eigenvalue weighted by Gasteiger charge is 2.23. The van der Waals surface area contributed by atoms with E-state index in [2.05, 4.69) is 0 Å². The molecule has 1 N–H and O–H groups in total. The number of amides is 1. The highest BCUT2D eigenvalue weighted by Crippen LogP contribution is 2.28. The summed E-state index contributed by atoms with van der Waals surface area (Å²) in [6, 6.07) is 4.18. The van der Waals surface area contributed by atoms with E-state index in [9.17, 15) is 19.7 Å². The first kappa shape index (κ1) is 18.0. The number of nitro groups is 1. The van der Waals surface area contributed by atoms with Gasteiger partial charge in [-0.3, -0.25) is 19.7 Å². The second-order valence-electron chi connectivity index (χ2n) is 5.12. The number of hydrogen-bond donors (Lipinski definition) is 1. The number of rotatable bonds is 7. The van der Waals surface area contributed by atoms with Crippen molar-refractivity contribution in [1.82, 2.24) is 4.90 Å². The summed E-state index contributed by atoms with van der Waals surface area (Å²) >= 11 is 1.21. The molecule has 0 aromatic heterocycles. The summed E-state index contributed by atoms with van der Waals surface area (Å²) in [7, 11) is 0. The molecule has 1 aromatic rings. The van der Waals surface area contributed by atoms with Crippen LogP contribution in [0.5, 0.6) is 0 Å². The molecular formula is C14H18N2O5S. The van der Waals surface area contributed by atoms with Crippen LogP contribution in [0.15, 0.2) is 23.1 Å². The molecule has 22 heavy (non-hydrogen) atoms. The van der Waals surface area contributed by atoms with Crippen LogP contribution >= 0.6 is 11.8 Å².